The normalized spacial score (nSPS) is 22.4. The van der Waals surface area contributed by atoms with Gasteiger partial charge in [-0.1, -0.05) is 26.7 Å². The van der Waals surface area contributed by atoms with Gasteiger partial charge in [0.1, 0.15) is 5.75 Å². The maximum absolute atomic E-state index is 12.1. The van der Waals surface area contributed by atoms with Crippen molar-refractivity contribution < 1.29 is 9.90 Å². The molecule has 1 saturated carbocycles. The number of rotatable bonds is 2. The van der Waals surface area contributed by atoms with Crippen molar-refractivity contribution >= 4 is 5.91 Å². The Morgan fingerprint density at radius 1 is 1.44 bits per heavy atom. The first-order valence-electron chi connectivity index (χ1n) is 6.44. The van der Waals surface area contributed by atoms with Crippen molar-refractivity contribution in [3.8, 4) is 5.75 Å². The van der Waals surface area contributed by atoms with Crippen molar-refractivity contribution in [2.24, 2.45) is 5.41 Å². The van der Waals surface area contributed by atoms with Gasteiger partial charge in [0.2, 0.25) is 0 Å². The van der Waals surface area contributed by atoms with Crippen LogP contribution in [-0.2, 0) is 0 Å². The minimum absolute atomic E-state index is 0.0190. The van der Waals surface area contributed by atoms with Crippen LogP contribution in [0.5, 0.6) is 5.75 Å². The molecule has 1 aliphatic rings. The molecule has 1 aromatic rings. The van der Waals surface area contributed by atoms with E-state index in [-0.39, 0.29) is 23.1 Å². The number of amides is 1. The Hall–Kier alpha value is -1.58. The Kier molecular flexibility index (Phi) is 3.55. The van der Waals surface area contributed by atoms with Gasteiger partial charge in [-0.25, -0.2) is 0 Å². The van der Waals surface area contributed by atoms with Crippen LogP contribution in [0, 0.1) is 5.41 Å². The molecule has 1 amide bonds. The highest BCUT2D eigenvalue weighted by atomic mass is 16.3. The SMILES string of the molecule is CC1(C)CCCCC1NC(=O)c1cncc(O)c1. The summed E-state index contributed by atoms with van der Waals surface area (Å²) < 4.78 is 0. The first kappa shape index (κ1) is 12.9. The number of aromatic nitrogens is 1. The van der Waals surface area contributed by atoms with Gasteiger partial charge in [-0.05, 0) is 24.3 Å². The lowest BCUT2D eigenvalue weighted by Crippen LogP contribution is -2.46. The van der Waals surface area contributed by atoms with Gasteiger partial charge in [-0.3, -0.25) is 9.78 Å². The average Bonchev–Trinajstić information content (AvgIpc) is 2.31. The average molecular weight is 248 g/mol. The van der Waals surface area contributed by atoms with Gasteiger partial charge in [0.15, 0.2) is 0 Å². The number of carbonyl (C=O) groups is 1. The van der Waals surface area contributed by atoms with Gasteiger partial charge in [-0.2, -0.15) is 0 Å². The van der Waals surface area contributed by atoms with E-state index >= 15 is 0 Å². The standard InChI is InChI=1S/C14H20N2O2/c1-14(2)6-4-3-5-12(14)16-13(18)10-7-11(17)9-15-8-10/h7-9,12,17H,3-6H2,1-2H3,(H,16,18). The van der Waals surface area contributed by atoms with Crippen LogP contribution >= 0.6 is 0 Å². The summed E-state index contributed by atoms with van der Waals surface area (Å²) in [6.07, 6.45) is 7.34. The fourth-order valence-electron chi connectivity index (χ4n) is 2.56. The van der Waals surface area contributed by atoms with Gasteiger partial charge in [-0.15, -0.1) is 0 Å². The first-order chi connectivity index (χ1) is 8.49. The molecular formula is C14H20N2O2. The van der Waals surface area contributed by atoms with Crippen LogP contribution in [0.3, 0.4) is 0 Å². The number of nitrogens with one attached hydrogen (secondary N) is 1. The highest BCUT2D eigenvalue weighted by Crippen LogP contribution is 2.35. The molecule has 0 aromatic carbocycles. The van der Waals surface area contributed by atoms with Gasteiger partial charge in [0, 0.05) is 12.2 Å². The van der Waals surface area contributed by atoms with E-state index in [1.54, 1.807) is 0 Å². The molecule has 1 atom stereocenters. The second kappa shape index (κ2) is 4.96. The summed E-state index contributed by atoms with van der Waals surface area (Å²) in [6.45, 7) is 4.38. The second-order valence-electron chi connectivity index (χ2n) is 5.69. The number of pyridine rings is 1. The molecule has 1 aromatic heterocycles. The van der Waals surface area contributed by atoms with E-state index < -0.39 is 0 Å². The maximum Gasteiger partial charge on any atom is 0.253 e. The summed E-state index contributed by atoms with van der Waals surface area (Å²) in [5, 5.41) is 12.4. The van der Waals surface area contributed by atoms with Crippen LogP contribution in [0.1, 0.15) is 49.9 Å². The Labute approximate surface area is 107 Å². The van der Waals surface area contributed by atoms with Crippen molar-refractivity contribution in [1.29, 1.82) is 0 Å². The van der Waals surface area contributed by atoms with Crippen LogP contribution in [-0.4, -0.2) is 22.0 Å². The number of carbonyl (C=O) groups excluding carboxylic acids is 1. The zero-order valence-corrected chi connectivity index (χ0v) is 10.9. The van der Waals surface area contributed by atoms with E-state index in [2.05, 4.69) is 24.1 Å². The van der Waals surface area contributed by atoms with Gasteiger partial charge in [0.25, 0.3) is 5.91 Å². The lowest BCUT2D eigenvalue weighted by Gasteiger charge is -2.39. The summed E-state index contributed by atoms with van der Waals surface area (Å²) in [4.78, 5) is 15.9. The zero-order chi connectivity index (χ0) is 13.2. The molecule has 0 radical (unpaired) electrons. The van der Waals surface area contributed by atoms with Crippen molar-refractivity contribution in [3.63, 3.8) is 0 Å². The van der Waals surface area contributed by atoms with Gasteiger partial charge in [0.05, 0.1) is 11.8 Å². The Balaban J connectivity index is 2.07. The molecule has 2 N–H and O–H groups in total. The molecule has 1 aliphatic carbocycles. The summed E-state index contributed by atoms with van der Waals surface area (Å²) in [6, 6.07) is 1.64. The Morgan fingerprint density at radius 3 is 2.89 bits per heavy atom. The summed E-state index contributed by atoms with van der Waals surface area (Å²) in [7, 11) is 0. The van der Waals surface area contributed by atoms with E-state index in [4.69, 9.17) is 0 Å². The fourth-order valence-corrected chi connectivity index (χ4v) is 2.56. The molecule has 1 fully saturated rings. The van der Waals surface area contributed by atoms with Crippen molar-refractivity contribution in [1.82, 2.24) is 10.3 Å². The van der Waals surface area contributed by atoms with Crippen molar-refractivity contribution in [3.05, 3.63) is 24.0 Å². The smallest absolute Gasteiger partial charge is 0.253 e. The lowest BCUT2D eigenvalue weighted by atomic mass is 9.73. The van der Waals surface area contributed by atoms with Crippen LogP contribution in [0.25, 0.3) is 0 Å². The third-order valence-electron chi connectivity index (χ3n) is 3.80. The quantitative estimate of drug-likeness (QED) is 0.845. The minimum atomic E-state index is -0.154. The van der Waals surface area contributed by atoms with E-state index in [1.807, 2.05) is 0 Å². The molecule has 1 heterocycles. The predicted octanol–water partition coefficient (Wildman–Crippen LogP) is 2.49. The first-order valence-corrected chi connectivity index (χ1v) is 6.44. The van der Waals surface area contributed by atoms with Gasteiger partial charge < -0.3 is 10.4 Å². The monoisotopic (exact) mass is 248 g/mol. The van der Waals surface area contributed by atoms with Crippen molar-refractivity contribution in [2.45, 2.75) is 45.6 Å². The molecule has 1 unspecified atom stereocenters. The molecule has 0 spiro atoms. The topological polar surface area (TPSA) is 62.2 Å². The summed E-state index contributed by atoms with van der Waals surface area (Å²) in [5.74, 6) is -0.135. The Bertz CT molecular complexity index is 443. The maximum atomic E-state index is 12.1. The Morgan fingerprint density at radius 2 is 2.22 bits per heavy atom. The molecular weight excluding hydrogens is 228 g/mol. The highest BCUT2D eigenvalue weighted by molar-refractivity contribution is 5.94. The highest BCUT2D eigenvalue weighted by Gasteiger charge is 2.33. The van der Waals surface area contributed by atoms with Crippen LogP contribution in [0.4, 0.5) is 0 Å². The largest absolute Gasteiger partial charge is 0.506 e. The van der Waals surface area contributed by atoms with Crippen LogP contribution in [0.2, 0.25) is 0 Å². The minimum Gasteiger partial charge on any atom is -0.506 e. The van der Waals surface area contributed by atoms with E-state index in [0.717, 1.165) is 19.3 Å². The van der Waals surface area contributed by atoms with Crippen LogP contribution < -0.4 is 5.32 Å². The van der Waals surface area contributed by atoms with E-state index in [1.165, 1.54) is 24.9 Å². The molecule has 98 valence electrons. The number of hydrogen-bond donors (Lipinski definition) is 2. The molecule has 0 saturated heterocycles. The lowest BCUT2D eigenvalue weighted by molar-refractivity contribution is 0.0853. The molecule has 4 heteroatoms. The number of aromatic hydroxyl groups is 1. The second-order valence-corrected chi connectivity index (χ2v) is 5.69. The van der Waals surface area contributed by atoms with E-state index in [9.17, 15) is 9.90 Å². The molecule has 0 aliphatic heterocycles. The third-order valence-corrected chi connectivity index (χ3v) is 3.80. The van der Waals surface area contributed by atoms with Crippen LogP contribution in [0.15, 0.2) is 18.5 Å². The third kappa shape index (κ3) is 2.81. The van der Waals surface area contributed by atoms with Crippen molar-refractivity contribution in [2.75, 3.05) is 0 Å². The van der Waals surface area contributed by atoms with E-state index in [0.29, 0.717) is 5.56 Å². The molecule has 0 bridgehead atoms. The molecule has 18 heavy (non-hydrogen) atoms. The number of nitrogens with zero attached hydrogens (tertiary/aromatic N) is 1. The molecule has 4 nitrogen and oxygen atoms in total. The molecule has 2 rings (SSSR count). The fraction of sp³-hybridized carbons (Fsp3) is 0.571. The summed E-state index contributed by atoms with van der Waals surface area (Å²) >= 11 is 0. The summed E-state index contributed by atoms with van der Waals surface area (Å²) in [5.41, 5.74) is 0.550. The zero-order valence-electron chi connectivity index (χ0n) is 10.9. The predicted molar refractivity (Wildman–Crippen MR) is 69.4 cm³/mol. The number of hydrogen-bond acceptors (Lipinski definition) is 3. The van der Waals surface area contributed by atoms with Gasteiger partial charge >= 0.3 is 0 Å².